The number of carbonyl (C=O) groups is 3. The van der Waals surface area contributed by atoms with Crippen molar-refractivity contribution in [1.29, 1.82) is 0 Å². The third-order valence-corrected chi connectivity index (χ3v) is 6.65. The number of para-hydroxylation sites is 2. The maximum absolute atomic E-state index is 12.9. The Hall–Kier alpha value is -4.35. The SMILES string of the molecule is CCOc1ccccc1NC(=O)COc1ccc(/C=C2/SC(=S)N(NC(=O)c3ccccc3)C2=O)cc1OC. The molecule has 1 fully saturated rings. The zero-order valence-corrected chi connectivity index (χ0v) is 22.8. The number of ether oxygens (including phenoxy) is 3. The van der Waals surface area contributed by atoms with Crippen LogP contribution in [0.5, 0.6) is 17.2 Å². The highest BCUT2D eigenvalue weighted by molar-refractivity contribution is 8.26. The first-order valence-corrected chi connectivity index (χ1v) is 13.1. The molecule has 1 aliphatic heterocycles. The summed E-state index contributed by atoms with van der Waals surface area (Å²) in [6, 6.07) is 20.7. The highest BCUT2D eigenvalue weighted by Crippen LogP contribution is 2.34. The topological polar surface area (TPSA) is 106 Å². The normalized spacial score (nSPS) is 13.8. The van der Waals surface area contributed by atoms with E-state index in [4.69, 9.17) is 26.4 Å². The summed E-state index contributed by atoms with van der Waals surface area (Å²) in [4.78, 5) is 38.2. The van der Waals surface area contributed by atoms with Crippen molar-refractivity contribution < 1.29 is 28.6 Å². The van der Waals surface area contributed by atoms with Crippen LogP contribution in [0.2, 0.25) is 0 Å². The van der Waals surface area contributed by atoms with E-state index in [1.165, 1.54) is 7.11 Å². The van der Waals surface area contributed by atoms with E-state index in [1.54, 1.807) is 72.8 Å². The molecule has 1 aliphatic rings. The molecule has 0 saturated carbocycles. The van der Waals surface area contributed by atoms with E-state index in [9.17, 15) is 14.4 Å². The molecule has 0 aliphatic carbocycles. The Morgan fingerprint density at radius 3 is 2.46 bits per heavy atom. The number of carbonyl (C=O) groups excluding carboxylic acids is 3. The fourth-order valence-electron chi connectivity index (χ4n) is 3.55. The van der Waals surface area contributed by atoms with E-state index in [0.29, 0.717) is 45.6 Å². The lowest BCUT2D eigenvalue weighted by atomic mass is 10.2. The second-order valence-corrected chi connectivity index (χ2v) is 9.68. The van der Waals surface area contributed by atoms with Crippen LogP contribution in [0, 0.1) is 0 Å². The number of anilines is 1. The Morgan fingerprint density at radius 1 is 0.974 bits per heavy atom. The molecular formula is C28H25N3O6S2. The molecule has 11 heteroatoms. The van der Waals surface area contributed by atoms with Gasteiger partial charge in [0, 0.05) is 5.56 Å². The first-order chi connectivity index (χ1) is 18.9. The van der Waals surface area contributed by atoms with Crippen LogP contribution in [-0.4, -0.2) is 47.4 Å². The number of hydrogen-bond acceptors (Lipinski definition) is 8. The van der Waals surface area contributed by atoms with Crippen molar-refractivity contribution in [1.82, 2.24) is 10.4 Å². The first-order valence-electron chi connectivity index (χ1n) is 11.9. The molecule has 9 nitrogen and oxygen atoms in total. The Balaban J connectivity index is 1.40. The van der Waals surface area contributed by atoms with Crippen molar-refractivity contribution in [2.75, 3.05) is 25.6 Å². The summed E-state index contributed by atoms with van der Waals surface area (Å²) in [5, 5.41) is 3.83. The molecule has 4 rings (SSSR count). The van der Waals surface area contributed by atoms with Gasteiger partial charge < -0.3 is 19.5 Å². The van der Waals surface area contributed by atoms with Crippen molar-refractivity contribution in [3.63, 3.8) is 0 Å². The van der Waals surface area contributed by atoms with Crippen LogP contribution in [0.3, 0.4) is 0 Å². The second kappa shape index (κ2) is 12.9. The largest absolute Gasteiger partial charge is 0.493 e. The van der Waals surface area contributed by atoms with Gasteiger partial charge in [-0.05, 0) is 67.2 Å². The lowest BCUT2D eigenvalue weighted by molar-refractivity contribution is -0.123. The number of benzene rings is 3. The Bertz CT molecular complexity index is 1430. The monoisotopic (exact) mass is 563 g/mol. The Morgan fingerprint density at radius 2 is 1.72 bits per heavy atom. The van der Waals surface area contributed by atoms with Crippen molar-refractivity contribution in [3.8, 4) is 17.2 Å². The summed E-state index contributed by atoms with van der Waals surface area (Å²) in [5.41, 5.74) is 4.15. The van der Waals surface area contributed by atoms with Crippen molar-refractivity contribution in [2.45, 2.75) is 6.92 Å². The summed E-state index contributed by atoms with van der Waals surface area (Å²) in [6.07, 6.45) is 1.64. The zero-order chi connectivity index (χ0) is 27.8. The van der Waals surface area contributed by atoms with E-state index in [1.807, 2.05) is 13.0 Å². The minimum absolute atomic E-state index is 0.208. The van der Waals surface area contributed by atoms with Crippen molar-refractivity contribution in [2.24, 2.45) is 0 Å². The molecule has 0 atom stereocenters. The molecule has 0 bridgehead atoms. The lowest BCUT2D eigenvalue weighted by Crippen LogP contribution is -2.44. The van der Waals surface area contributed by atoms with E-state index >= 15 is 0 Å². The van der Waals surface area contributed by atoms with Gasteiger partial charge in [0.2, 0.25) is 0 Å². The number of hydrazine groups is 1. The number of rotatable bonds is 10. The maximum atomic E-state index is 12.9. The van der Waals surface area contributed by atoms with Gasteiger partial charge in [-0.3, -0.25) is 19.8 Å². The summed E-state index contributed by atoms with van der Waals surface area (Å²) in [6.45, 7) is 2.08. The molecule has 0 unspecified atom stereocenters. The van der Waals surface area contributed by atoms with Gasteiger partial charge in [0.15, 0.2) is 22.4 Å². The summed E-state index contributed by atoms with van der Waals surface area (Å²) >= 11 is 6.37. The third kappa shape index (κ3) is 6.95. The number of thiocarbonyl (C=S) groups is 1. The molecule has 39 heavy (non-hydrogen) atoms. The molecule has 0 radical (unpaired) electrons. The van der Waals surface area contributed by atoms with Gasteiger partial charge in [-0.15, -0.1) is 0 Å². The van der Waals surface area contributed by atoms with E-state index in [2.05, 4.69) is 10.7 Å². The van der Waals surface area contributed by atoms with Gasteiger partial charge in [0.25, 0.3) is 17.7 Å². The van der Waals surface area contributed by atoms with E-state index in [-0.39, 0.29) is 16.8 Å². The molecule has 200 valence electrons. The third-order valence-electron chi connectivity index (χ3n) is 5.35. The molecule has 0 aromatic heterocycles. The van der Waals surface area contributed by atoms with Crippen LogP contribution in [0.1, 0.15) is 22.8 Å². The number of thioether (sulfide) groups is 1. The molecule has 3 aromatic rings. The van der Waals surface area contributed by atoms with Gasteiger partial charge in [0.1, 0.15) is 5.75 Å². The zero-order valence-electron chi connectivity index (χ0n) is 21.1. The van der Waals surface area contributed by atoms with Crippen LogP contribution in [0.4, 0.5) is 5.69 Å². The number of methoxy groups -OCH3 is 1. The van der Waals surface area contributed by atoms with Gasteiger partial charge >= 0.3 is 0 Å². The minimum Gasteiger partial charge on any atom is -0.493 e. The molecule has 1 heterocycles. The van der Waals surface area contributed by atoms with Crippen LogP contribution < -0.4 is 25.0 Å². The van der Waals surface area contributed by atoms with Crippen LogP contribution in [0.25, 0.3) is 6.08 Å². The van der Waals surface area contributed by atoms with E-state index < -0.39 is 11.8 Å². The number of nitrogens with one attached hydrogen (secondary N) is 2. The average Bonchev–Trinajstić information content (AvgIpc) is 3.21. The van der Waals surface area contributed by atoms with Crippen LogP contribution >= 0.6 is 24.0 Å². The van der Waals surface area contributed by atoms with Gasteiger partial charge in [-0.25, -0.2) is 0 Å². The fourth-order valence-corrected chi connectivity index (χ4v) is 4.72. The van der Waals surface area contributed by atoms with Crippen LogP contribution in [-0.2, 0) is 9.59 Å². The Kier molecular flexibility index (Phi) is 9.18. The fraction of sp³-hybridized carbons (Fsp3) is 0.143. The van der Waals surface area contributed by atoms with E-state index in [0.717, 1.165) is 16.8 Å². The average molecular weight is 564 g/mol. The molecule has 1 saturated heterocycles. The lowest BCUT2D eigenvalue weighted by Gasteiger charge is -2.15. The summed E-state index contributed by atoms with van der Waals surface area (Å²) in [5.74, 6) is 0.0406. The van der Waals surface area contributed by atoms with Crippen molar-refractivity contribution >= 4 is 57.8 Å². The van der Waals surface area contributed by atoms with Gasteiger partial charge in [-0.2, -0.15) is 5.01 Å². The number of nitrogens with zero attached hydrogens (tertiary/aromatic N) is 1. The second-order valence-electron chi connectivity index (χ2n) is 8.00. The molecular weight excluding hydrogens is 538 g/mol. The highest BCUT2D eigenvalue weighted by atomic mass is 32.2. The van der Waals surface area contributed by atoms with Gasteiger partial charge in [0.05, 0.1) is 24.3 Å². The standard InChI is InChI=1S/C28H25N3O6S2/c1-3-36-21-12-8-7-11-20(21)29-25(32)17-37-22-14-13-18(15-23(22)35-2)16-24-27(34)31(28(38)39-24)30-26(33)19-9-5-4-6-10-19/h4-16H,3,17H2,1-2H3,(H,29,32)(H,30,33)/b24-16+. The number of amides is 3. The van der Waals surface area contributed by atoms with Crippen molar-refractivity contribution in [3.05, 3.63) is 88.8 Å². The van der Waals surface area contributed by atoms with Crippen LogP contribution in [0.15, 0.2) is 77.7 Å². The molecule has 3 aromatic carbocycles. The number of hydrogen-bond donors (Lipinski definition) is 2. The molecule has 3 amide bonds. The van der Waals surface area contributed by atoms with Gasteiger partial charge in [-0.1, -0.05) is 48.2 Å². The predicted octanol–water partition coefficient (Wildman–Crippen LogP) is 4.66. The smallest absolute Gasteiger partial charge is 0.285 e. The highest BCUT2D eigenvalue weighted by Gasteiger charge is 2.33. The summed E-state index contributed by atoms with van der Waals surface area (Å²) in [7, 11) is 1.48. The Labute approximate surface area is 235 Å². The minimum atomic E-state index is -0.447. The summed E-state index contributed by atoms with van der Waals surface area (Å²) < 4.78 is 16.8. The first kappa shape index (κ1) is 27.7. The quantitative estimate of drug-likeness (QED) is 0.271. The molecule has 0 spiro atoms. The predicted molar refractivity (Wildman–Crippen MR) is 154 cm³/mol. The maximum Gasteiger partial charge on any atom is 0.285 e. The molecule has 2 N–H and O–H groups in total.